The Morgan fingerprint density at radius 2 is 1.81 bits per heavy atom. The summed E-state index contributed by atoms with van der Waals surface area (Å²) in [5, 5.41) is 13.7. The Balaban J connectivity index is 2.58. The maximum Gasteiger partial charge on any atom is 0.328 e. The van der Waals surface area contributed by atoms with E-state index in [4.69, 9.17) is 9.84 Å². The Hall–Kier alpha value is -2.41. The van der Waals surface area contributed by atoms with Crippen molar-refractivity contribution in [3.05, 3.63) is 35.9 Å². The lowest BCUT2D eigenvalue weighted by atomic mass is 10.2. The smallest absolute Gasteiger partial charge is 0.328 e. The van der Waals surface area contributed by atoms with Gasteiger partial charge in [0.15, 0.2) is 6.04 Å². The molecule has 0 aromatic heterocycles. The molecule has 7 nitrogen and oxygen atoms in total. The minimum absolute atomic E-state index is 0.152. The van der Waals surface area contributed by atoms with Gasteiger partial charge in [0.2, 0.25) is 5.91 Å². The second-order valence-electron chi connectivity index (χ2n) is 4.42. The molecule has 1 aromatic carbocycles. The molecule has 0 bridgehead atoms. The third-order valence-corrected chi connectivity index (χ3v) is 2.72. The van der Waals surface area contributed by atoms with Gasteiger partial charge in [0.1, 0.15) is 6.04 Å². The molecule has 7 heteroatoms. The molecule has 2 amide bonds. The van der Waals surface area contributed by atoms with Crippen LogP contribution in [0.3, 0.4) is 0 Å². The summed E-state index contributed by atoms with van der Waals surface area (Å²) in [5.74, 6) is -2.20. The number of hydrogen-bond acceptors (Lipinski definition) is 4. The van der Waals surface area contributed by atoms with Crippen molar-refractivity contribution in [2.24, 2.45) is 0 Å². The third kappa shape index (κ3) is 5.23. The van der Waals surface area contributed by atoms with Crippen LogP contribution in [0.2, 0.25) is 0 Å². The summed E-state index contributed by atoms with van der Waals surface area (Å²) in [4.78, 5) is 34.6. The monoisotopic (exact) mass is 294 g/mol. The van der Waals surface area contributed by atoms with Gasteiger partial charge in [-0.1, -0.05) is 18.2 Å². The molecule has 1 rings (SSSR count). The molecule has 1 aromatic rings. The normalized spacial score (nSPS) is 13.0. The molecular weight excluding hydrogens is 276 g/mol. The Labute approximate surface area is 122 Å². The predicted octanol–water partition coefficient (Wildman–Crippen LogP) is 0.0207. The van der Waals surface area contributed by atoms with E-state index in [1.807, 2.05) is 0 Å². The predicted molar refractivity (Wildman–Crippen MR) is 74.8 cm³/mol. The summed E-state index contributed by atoms with van der Waals surface area (Å²) in [5.41, 5.74) is 0.420. The highest BCUT2D eigenvalue weighted by Gasteiger charge is 2.23. The first-order chi connectivity index (χ1) is 9.95. The lowest BCUT2D eigenvalue weighted by Crippen LogP contribution is -2.51. The van der Waals surface area contributed by atoms with Gasteiger partial charge in [0.05, 0.1) is 6.61 Å². The molecule has 0 saturated carbocycles. The summed E-state index contributed by atoms with van der Waals surface area (Å²) >= 11 is 0. The van der Waals surface area contributed by atoms with Crippen LogP contribution in [0.5, 0.6) is 0 Å². The fourth-order valence-corrected chi connectivity index (χ4v) is 1.57. The third-order valence-electron chi connectivity index (χ3n) is 2.72. The zero-order chi connectivity index (χ0) is 15.8. The van der Waals surface area contributed by atoms with Crippen molar-refractivity contribution >= 4 is 17.8 Å². The van der Waals surface area contributed by atoms with E-state index in [1.54, 1.807) is 30.3 Å². The minimum atomic E-state index is -1.20. The van der Waals surface area contributed by atoms with Crippen LogP contribution in [-0.2, 0) is 14.3 Å². The van der Waals surface area contributed by atoms with E-state index >= 15 is 0 Å². The molecule has 0 aliphatic rings. The van der Waals surface area contributed by atoms with E-state index in [0.717, 1.165) is 0 Å². The summed E-state index contributed by atoms with van der Waals surface area (Å²) < 4.78 is 4.71. The molecule has 0 fully saturated rings. The first-order valence-corrected chi connectivity index (χ1v) is 6.33. The quantitative estimate of drug-likeness (QED) is 0.657. The highest BCUT2D eigenvalue weighted by molar-refractivity contribution is 5.97. The molecule has 2 unspecified atom stereocenters. The maximum absolute atomic E-state index is 11.9. The fraction of sp³-hybridized carbons (Fsp3) is 0.357. The number of aliphatic carboxylic acids is 1. The topological polar surface area (TPSA) is 105 Å². The van der Waals surface area contributed by atoms with Crippen molar-refractivity contribution in [1.29, 1.82) is 0 Å². The molecule has 2 atom stereocenters. The second kappa shape index (κ2) is 8.01. The number of amides is 2. The van der Waals surface area contributed by atoms with E-state index < -0.39 is 29.9 Å². The Bertz CT molecular complexity index is 503. The summed E-state index contributed by atoms with van der Waals surface area (Å²) in [6, 6.07) is 6.40. The van der Waals surface area contributed by atoms with Crippen LogP contribution in [0.1, 0.15) is 17.3 Å². The zero-order valence-electron chi connectivity index (χ0n) is 11.8. The number of methoxy groups -OCH3 is 1. The number of carbonyl (C=O) groups excluding carboxylic acids is 2. The van der Waals surface area contributed by atoms with Gasteiger partial charge < -0.3 is 20.5 Å². The van der Waals surface area contributed by atoms with Crippen LogP contribution >= 0.6 is 0 Å². The largest absolute Gasteiger partial charge is 0.480 e. The molecule has 0 aliphatic carbocycles. The molecule has 0 heterocycles. The Kier molecular flexibility index (Phi) is 6.35. The van der Waals surface area contributed by atoms with Crippen molar-refractivity contribution in [3.63, 3.8) is 0 Å². The van der Waals surface area contributed by atoms with Gasteiger partial charge in [-0.3, -0.25) is 9.59 Å². The fourth-order valence-electron chi connectivity index (χ4n) is 1.57. The summed E-state index contributed by atoms with van der Waals surface area (Å²) in [6.07, 6.45) is 0. The van der Waals surface area contributed by atoms with Crippen LogP contribution < -0.4 is 10.6 Å². The average molecular weight is 294 g/mol. The molecule has 0 saturated heterocycles. The number of benzene rings is 1. The number of carboxylic acids is 1. The lowest BCUT2D eigenvalue weighted by Gasteiger charge is -2.18. The number of hydrogen-bond donors (Lipinski definition) is 3. The van der Waals surface area contributed by atoms with Gasteiger partial charge >= 0.3 is 5.97 Å². The van der Waals surface area contributed by atoms with Gasteiger partial charge in [-0.05, 0) is 19.1 Å². The standard InChI is InChI=1S/C14H18N2O5/c1-9(12(17)16-11(8-21-2)14(19)20)15-13(18)10-6-4-3-5-7-10/h3-7,9,11H,8H2,1-2H3,(H,15,18)(H,16,17)(H,19,20). The molecule has 114 valence electrons. The van der Waals surface area contributed by atoms with E-state index in [2.05, 4.69) is 10.6 Å². The Morgan fingerprint density at radius 3 is 2.33 bits per heavy atom. The second-order valence-corrected chi connectivity index (χ2v) is 4.42. The highest BCUT2D eigenvalue weighted by Crippen LogP contribution is 1.99. The van der Waals surface area contributed by atoms with Crippen molar-refractivity contribution < 1.29 is 24.2 Å². The molecule has 0 radical (unpaired) electrons. The average Bonchev–Trinajstić information content (AvgIpc) is 2.47. The van der Waals surface area contributed by atoms with E-state index in [0.29, 0.717) is 5.56 Å². The van der Waals surface area contributed by atoms with Crippen LogP contribution in [0.25, 0.3) is 0 Å². The van der Waals surface area contributed by atoms with Crippen LogP contribution in [0.15, 0.2) is 30.3 Å². The molecule has 0 aliphatic heterocycles. The summed E-state index contributed by atoms with van der Waals surface area (Å²) in [6.45, 7) is 1.32. The van der Waals surface area contributed by atoms with Crippen molar-refractivity contribution in [3.8, 4) is 0 Å². The summed E-state index contributed by atoms with van der Waals surface area (Å²) in [7, 11) is 1.34. The number of rotatable bonds is 7. The highest BCUT2D eigenvalue weighted by atomic mass is 16.5. The van der Waals surface area contributed by atoms with E-state index in [1.165, 1.54) is 14.0 Å². The van der Waals surface area contributed by atoms with Crippen molar-refractivity contribution in [2.75, 3.05) is 13.7 Å². The van der Waals surface area contributed by atoms with Crippen LogP contribution in [0, 0.1) is 0 Å². The van der Waals surface area contributed by atoms with Gasteiger partial charge in [-0.2, -0.15) is 0 Å². The van der Waals surface area contributed by atoms with E-state index in [-0.39, 0.29) is 6.61 Å². The van der Waals surface area contributed by atoms with Crippen molar-refractivity contribution in [2.45, 2.75) is 19.0 Å². The SMILES string of the molecule is COCC(NC(=O)C(C)NC(=O)c1ccccc1)C(=O)O. The lowest BCUT2D eigenvalue weighted by molar-refractivity contribution is -0.143. The number of ether oxygens (including phenoxy) is 1. The van der Waals surface area contributed by atoms with Crippen molar-refractivity contribution in [1.82, 2.24) is 10.6 Å². The van der Waals surface area contributed by atoms with Gasteiger partial charge in [0, 0.05) is 12.7 Å². The van der Waals surface area contributed by atoms with E-state index in [9.17, 15) is 14.4 Å². The molecular formula is C14H18N2O5. The number of nitrogens with one attached hydrogen (secondary N) is 2. The molecule has 3 N–H and O–H groups in total. The Morgan fingerprint density at radius 1 is 1.19 bits per heavy atom. The van der Waals surface area contributed by atoms with Gasteiger partial charge in [-0.15, -0.1) is 0 Å². The number of carbonyl (C=O) groups is 3. The maximum atomic E-state index is 11.9. The number of carboxylic acid groups (broad SMARTS) is 1. The van der Waals surface area contributed by atoms with Gasteiger partial charge in [0.25, 0.3) is 5.91 Å². The first-order valence-electron chi connectivity index (χ1n) is 6.33. The minimum Gasteiger partial charge on any atom is -0.480 e. The van der Waals surface area contributed by atoms with Crippen LogP contribution in [-0.4, -0.2) is 48.7 Å². The van der Waals surface area contributed by atoms with Crippen LogP contribution in [0.4, 0.5) is 0 Å². The molecule has 0 spiro atoms. The van der Waals surface area contributed by atoms with Gasteiger partial charge in [-0.25, -0.2) is 4.79 Å². The first kappa shape index (κ1) is 16.6. The zero-order valence-corrected chi connectivity index (χ0v) is 11.8. The molecule has 21 heavy (non-hydrogen) atoms.